The molecular formula is C30H62Cl2N2Si4Zr2-2. The first-order valence-corrected chi connectivity index (χ1v) is 25.4. The molecule has 10 heteroatoms. The Morgan fingerprint density at radius 2 is 0.650 bits per heavy atom. The zero-order chi connectivity index (χ0) is 26.5. The number of fused-ring (bicyclic) bond motifs is 2. The van der Waals surface area contributed by atoms with Crippen LogP contribution in [0.2, 0.25) is 78.6 Å². The normalized spacial score (nSPS) is 11.4. The topological polar surface area (TPSA) is 67.0 Å². The van der Waals surface area contributed by atoms with Crippen LogP contribution >= 0.6 is 0 Å². The van der Waals surface area contributed by atoms with Crippen LogP contribution in [0.5, 0.6) is 0 Å². The van der Waals surface area contributed by atoms with E-state index in [1.54, 1.807) is 22.3 Å². The van der Waals surface area contributed by atoms with Gasteiger partial charge in [-0.15, -0.1) is 0 Å². The van der Waals surface area contributed by atoms with Gasteiger partial charge in [0.25, 0.3) is 0 Å². The van der Waals surface area contributed by atoms with Gasteiger partial charge in [0, 0.05) is 35.2 Å². The van der Waals surface area contributed by atoms with Crippen LogP contribution in [0.15, 0.2) is 36.4 Å². The maximum Gasteiger partial charge on any atom is 2.00 e. The number of aryl methyl sites for hydroxylation is 4. The van der Waals surface area contributed by atoms with E-state index in [4.69, 9.17) is 0 Å². The molecule has 0 heterocycles. The third kappa shape index (κ3) is 46.8. The van der Waals surface area contributed by atoms with E-state index in [2.05, 4.69) is 115 Å². The van der Waals surface area contributed by atoms with Crippen molar-refractivity contribution in [2.45, 2.75) is 130 Å². The predicted octanol–water partition coefficient (Wildman–Crippen LogP) is 5.49. The standard InChI is InChI=1S/2C9H11.4C3H9Si.2ClH.2H2N.2Zr/c2*1-2-5-9-7-3-6-8(9)4-1;4*1-4(2)3;;;;;;/h2*3,6-7H,1-2,4-5H2;4*1-3H3;2*1H;2*1H2;;/q2*-1;;;;;;;2*-1;2*+2/p-2. The van der Waals surface area contributed by atoms with Crippen LogP contribution in [0.4, 0.5) is 0 Å². The van der Waals surface area contributed by atoms with Crippen LogP contribution in [-0.2, 0) is 78.1 Å². The fourth-order valence-corrected chi connectivity index (χ4v) is 3.23. The van der Waals surface area contributed by atoms with E-state index in [1.807, 2.05) is 0 Å². The average molecular weight is 817 g/mol. The fraction of sp³-hybridized carbons (Fsp3) is 0.667. The van der Waals surface area contributed by atoms with Crippen molar-refractivity contribution < 1.29 is 77.2 Å². The van der Waals surface area contributed by atoms with Gasteiger partial charge in [0.1, 0.15) is 0 Å². The van der Waals surface area contributed by atoms with Gasteiger partial charge in [-0.3, -0.25) is 0 Å². The van der Waals surface area contributed by atoms with Crippen molar-refractivity contribution in [1.29, 1.82) is 0 Å². The summed E-state index contributed by atoms with van der Waals surface area (Å²) in [6.07, 6.45) is 10.9. The Morgan fingerprint density at radius 3 is 0.850 bits per heavy atom. The van der Waals surface area contributed by atoms with E-state index in [9.17, 15) is 0 Å². The number of hydrogen-bond donors (Lipinski definition) is 0. The second kappa shape index (κ2) is 40.8. The van der Waals surface area contributed by atoms with Crippen LogP contribution in [0, 0.1) is 0 Å². The first kappa shape index (κ1) is 60.9. The molecule has 0 aliphatic heterocycles. The summed E-state index contributed by atoms with van der Waals surface area (Å²) >= 11 is 0. The van der Waals surface area contributed by atoms with Crippen LogP contribution in [-0.4, -0.2) is 35.2 Å². The summed E-state index contributed by atoms with van der Waals surface area (Å²) in [6.45, 7) is 27.2. The molecular weight excluding hydrogens is 754 g/mol. The molecule has 2 aromatic carbocycles. The van der Waals surface area contributed by atoms with Crippen molar-refractivity contribution in [1.82, 2.24) is 0 Å². The summed E-state index contributed by atoms with van der Waals surface area (Å²) < 4.78 is 0. The second-order valence-corrected chi connectivity index (χ2v) is 23.6. The Hall–Kier alpha value is 1.83. The zero-order valence-corrected chi connectivity index (χ0v) is 38.5. The molecule has 0 aromatic heterocycles. The molecule has 0 fully saturated rings. The van der Waals surface area contributed by atoms with E-state index >= 15 is 0 Å². The van der Waals surface area contributed by atoms with Gasteiger partial charge in [-0.1, -0.05) is 130 Å². The zero-order valence-electron chi connectivity index (χ0n) is 28.0. The third-order valence-electron chi connectivity index (χ3n) is 4.30. The van der Waals surface area contributed by atoms with Gasteiger partial charge in [-0.2, -0.15) is 46.5 Å². The molecule has 4 radical (unpaired) electrons. The summed E-state index contributed by atoms with van der Waals surface area (Å²) in [5.74, 6) is 0. The van der Waals surface area contributed by atoms with Gasteiger partial charge in [-0.25, -0.2) is 12.1 Å². The van der Waals surface area contributed by atoms with Crippen LogP contribution < -0.4 is 24.8 Å². The summed E-state index contributed by atoms with van der Waals surface area (Å²) in [5, 5.41) is 0. The molecule has 0 saturated carbocycles. The van der Waals surface area contributed by atoms with E-state index < -0.39 is 0 Å². The fourth-order valence-electron chi connectivity index (χ4n) is 3.23. The Bertz CT molecular complexity index is 577. The first-order valence-electron chi connectivity index (χ1n) is 13.4. The number of nitrogens with two attached hydrogens (primary N) is 2. The largest absolute Gasteiger partial charge is 2.00 e. The van der Waals surface area contributed by atoms with Gasteiger partial charge < -0.3 is 37.1 Å². The monoisotopic (exact) mass is 812 g/mol. The first-order chi connectivity index (χ1) is 15.9. The van der Waals surface area contributed by atoms with Crippen molar-refractivity contribution >= 4 is 35.2 Å². The molecule has 0 atom stereocenters. The predicted molar refractivity (Wildman–Crippen MR) is 181 cm³/mol. The SMILES string of the molecule is C[Si](C)C.C[Si](C)C.C[Si](C)C.C[Si](C)C.[Cl-].[Cl-].[NH2-].[NH2-].[Zr+2].[Zr+2].c1cc2c([cH-]1)CCCC2.c1cc2c([cH-]1)CCCC2. The average Bonchev–Trinajstić information content (AvgIpc) is 3.36. The molecule has 0 unspecified atom stereocenters. The molecule has 0 spiro atoms. The van der Waals surface area contributed by atoms with Gasteiger partial charge in [0.15, 0.2) is 0 Å². The van der Waals surface area contributed by atoms with Gasteiger partial charge >= 0.3 is 52.4 Å². The van der Waals surface area contributed by atoms with Gasteiger partial charge in [0.05, 0.1) is 0 Å². The van der Waals surface area contributed by atoms with Gasteiger partial charge in [0.2, 0.25) is 0 Å². The molecule has 4 rings (SSSR count). The Labute approximate surface area is 310 Å². The Morgan fingerprint density at radius 1 is 0.450 bits per heavy atom. The van der Waals surface area contributed by atoms with Crippen molar-refractivity contribution in [2.24, 2.45) is 0 Å². The molecule has 40 heavy (non-hydrogen) atoms. The number of halogens is 2. The van der Waals surface area contributed by atoms with Crippen molar-refractivity contribution in [3.63, 3.8) is 0 Å². The Kier molecular flexibility index (Phi) is 62.2. The van der Waals surface area contributed by atoms with E-state index in [1.165, 1.54) is 51.4 Å². The Balaban J connectivity index is -0.0000000522. The summed E-state index contributed by atoms with van der Waals surface area (Å²) in [6, 6.07) is 13.4. The minimum atomic E-state index is 0. The summed E-state index contributed by atoms with van der Waals surface area (Å²) in [5.41, 5.74) is 6.39. The minimum absolute atomic E-state index is 0. The van der Waals surface area contributed by atoms with Crippen LogP contribution in [0.25, 0.3) is 12.3 Å². The number of rotatable bonds is 0. The molecule has 2 nitrogen and oxygen atoms in total. The van der Waals surface area contributed by atoms with Crippen molar-refractivity contribution in [2.75, 3.05) is 0 Å². The van der Waals surface area contributed by atoms with E-state index in [0.29, 0.717) is 0 Å². The maximum atomic E-state index is 2.27. The maximum absolute atomic E-state index is 2.27. The smallest absolute Gasteiger partial charge is 1.00 e. The molecule has 2 aliphatic rings. The molecule has 2 aliphatic carbocycles. The van der Waals surface area contributed by atoms with Crippen LogP contribution in [0.1, 0.15) is 47.9 Å². The molecule has 4 N–H and O–H groups in total. The van der Waals surface area contributed by atoms with E-state index in [-0.39, 0.29) is 125 Å². The summed E-state index contributed by atoms with van der Waals surface area (Å²) in [7, 11) is 0.481. The molecule has 232 valence electrons. The summed E-state index contributed by atoms with van der Waals surface area (Å²) in [4.78, 5) is 0. The molecule has 0 saturated heterocycles. The van der Waals surface area contributed by atoms with E-state index in [0.717, 1.165) is 0 Å². The number of hydrogen-bond acceptors (Lipinski definition) is 0. The molecule has 0 amide bonds. The van der Waals surface area contributed by atoms with Gasteiger partial charge in [-0.05, 0) is 0 Å². The van der Waals surface area contributed by atoms with Crippen molar-refractivity contribution in [3.05, 3.63) is 71.0 Å². The molecule has 2 aromatic rings. The van der Waals surface area contributed by atoms with Crippen LogP contribution in [0.3, 0.4) is 0 Å². The van der Waals surface area contributed by atoms with Crippen molar-refractivity contribution in [3.8, 4) is 0 Å². The third-order valence-corrected chi connectivity index (χ3v) is 4.30. The quantitative estimate of drug-likeness (QED) is 0.250. The molecule has 0 bridgehead atoms. The second-order valence-electron chi connectivity index (χ2n) is 11.6. The minimum Gasteiger partial charge on any atom is -1.00 e.